The van der Waals surface area contributed by atoms with Gasteiger partial charge in [-0.25, -0.2) is 0 Å². The highest BCUT2D eigenvalue weighted by Crippen LogP contribution is 2.35. The monoisotopic (exact) mass is 246 g/mol. The highest BCUT2D eigenvalue weighted by Gasteiger charge is 2.26. The molecule has 1 N–H and O–H groups in total. The van der Waals surface area contributed by atoms with E-state index in [1.165, 1.54) is 16.9 Å². The average Bonchev–Trinajstić information content (AvgIpc) is 2.34. The number of hydrogen-bond donors (Lipinski definition) is 1. The molecule has 1 aromatic carbocycles. The van der Waals surface area contributed by atoms with Gasteiger partial charge in [-0.2, -0.15) is 0 Å². The van der Waals surface area contributed by atoms with E-state index in [2.05, 4.69) is 70.1 Å². The molecular formula is C16H26N2. The predicted molar refractivity (Wildman–Crippen MR) is 80.7 cm³/mol. The largest absolute Gasteiger partial charge is 0.383 e. The molecule has 1 aliphatic heterocycles. The van der Waals surface area contributed by atoms with Crippen LogP contribution < -0.4 is 10.2 Å². The summed E-state index contributed by atoms with van der Waals surface area (Å²) in [6, 6.07) is 6.83. The molecule has 0 unspecified atom stereocenters. The van der Waals surface area contributed by atoms with Gasteiger partial charge in [-0.1, -0.05) is 40.7 Å². The van der Waals surface area contributed by atoms with Crippen molar-refractivity contribution in [1.82, 2.24) is 0 Å². The summed E-state index contributed by atoms with van der Waals surface area (Å²) in [4.78, 5) is 2.36. The molecule has 0 bridgehead atoms. The zero-order valence-electron chi connectivity index (χ0n) is 12.6. The van der Waals surface area contributed by atoms with Crippen LogP contribution in [0.4, 0.5) is 11.4 Å². The number of rotatable bonds is 0. The van der Waals surface area contributed by atoms with Gasteiger partial charge in [0.15, 0.2) is 0 Å². The molecule has 0 saturated heterocycles. The molecule has 0 spiro atoms. The van der Waals surface area contributed by atoms with Crippen LogP contribution in [0.5, 0.6) is 0 Å². The Morgan fingerprint density at radius 3 is 2.50 bits per heavy atom. The summed E-state index contributed by atoms with van der Waals surface area (Å²) in [5.41, 5.74) is 4.48. The number of benzene rings is 1. The standard InChI is InChI=1S/C16H26N2/c1-15(2,3)12-7-8-14-13(9-12)17-10-16(4,5)11-18(14)6/h7-9,17H,10-11H2,1-6H3. The Bertz CT molecular complexity index is 441. The van der Waals surface area contributed by atoms with Crippen molar-refractivity contribution in [1.29, 1.82) is 0 Å². The second kappa shape index (κ2) is 4.18. The number of hydrogen-bond acceptors (Lipinski definition) is 2. The average molecular weight is 246 g/mol. The van der Waals surface area contributed by atoms with Crippen LogP contribution in [-0.2, 0) is 5.41 Å². The minimum atomic E-state index is 0.205. The summed E-state index contributed by atoms with van der Waals surface area (Å²) in [6.45, 7) is 13.5. The second-order valence-corrected chi connectivity index (χ2v) is 7.36. The number of nitrogens with zero attached hydrogens (tertiary/aromatic N) is 1. The highest BCUT2D eigenvalue weighted by molar-refractivity contribution is 5.72. The van der Waals surface area contributed by atoms with Crippen LogP contribution in [-0.4, -0.2) is 20.1 Å². The quantitative estimate of drug-likeness (QED) is 0.747. The van der Waals surface area contributed by atoms with Gasteiger partial charge in [0.25, 0.3) is 0 Å². The first-order chi connectivity index (χ1) is 8.19. The van der Waals surface area contributed by atoms with E-state index >= 15 is 0 Å². The van der Waals surface area contributed by atoms with E-state index in [9.17, 15) is 0 Å². The van der Waals surface area contributed by atoms with E-state index in [1.807, 2.05) is 0 Å². The van der Waals surface area contributed by atoms with E-state index in [1.54, 1.807) is 0 Å². The molecule has 0 radical (unpaired) electrons. The molecule has 2 rings (SSSR count). The van der Waals surface area contributed by atoms with Crippen molar-refractivity contribution >= 4 is 11.4 Å². The van der Waals surface area contributed by atoms with Gasteiger partial charge in [-0.3, -0.25) is 0 Å². The Balaban J connectivity index is 2.41. The van der Waals surface area contributed by atoms with Gasteiger partial charge in [0.2, 0.25) is 0 Å². The van der Waals surface area contributed by atoms with E-state index in [-0.39, 0.29) is 5.41 Å². The third kappa shape index (κ3) is 2.63. The minimum Gasteiger partial charge on any atom is -0.383 e. The van der Waals surface area contributed by atoms with E-state index in [0.717, 1.165) is 13.1 Å². The zero-order chi connectivity index (χ0) is 13.6. The lowest BCUT2D eigenvalue weighted by Gasteiger charge is -2.28. The summed E-state index contributed by atoms with van der Waals surface area (Å²) >= 11 is 0. The Morgan fingerprint density at radius 2 is 1.89 bits per heavy atom. The maximum absolute atomic E-state index is 3.62. The number of anilines is 2. The van der Waals surface area contributed by atoms with Crippen LogP contribution in [0.2, 0.25) is 0 Å². The van der Waals surface area contributed by atoms with Crippen LogP contribution in [0.1, 0.15) is 40.2 Å². The smallest absolute Gasteiger partial charge is 0.0599 e. The normalized spacial score (nSPS) is 18.9. The van der Waals surface area contributed by atoms with Gasteiger partial charge in [-0.15, -0.1) is 0 Å². The third-order valence-electron chi connectivity index (χ3n) is 3.70. The van der Waals surface area contributed by atoms with Gasteiger partial charge < -0.3 is 10.2 Å². The van der Waals surface area contributed by atoms with Gasteiger partial charge in [0, 0.05) is 20.1 Å². The second-order valence-electron chi connectivity index (χ2n) is 7.36. The van der Waals surface area contributed by atoms with Crippen LogP contribution in [0.15, 0.2) is 18.2 Å². The van der Waals surface area contributed by atoms with Crippen molar-refractivity contribution in [3.05, 3.63) is 23.8 Å². The molecule has 2 nitrogen and oxygen atoms in total. The van der Waals surface area contributed by atoms with Crippen molar-refractivity contribution in [2.75, 3.05) is 30.4 Å². The molecule has 0 aromatic heterocycles. The first-order valence-corrected chi connectivity index (χ1v) is 6.79. The first-order valence-electron chi connectivity index (χ1n) is 6.79. The predicted octanol–water partition coefficient (Wildman–Crippen LogP) is 3.87. The van der Waals surface area contributed by atoms with Crippen molar-refractivity contribution < 1.29 is 0 Å². The van der Waals surface area contributed by atoms with Crippen LogP contribution >= 0.6 is 0 Å². The molecule has 18 heavy (non-hydrogen) atoms. The first kappa shape index (κ1) is 13.3. The van der Waals surface area contributed by atoms with Crippen molar-refractivity contribution in [3.63, 3.8) is 0 Å². The Hall–Kier alpha value is -1.18. The number of nitrogens with one attached hydrogen (secondary N) is 1. The molecule has 100 valence electrons. The zero-order valence-corrected chi connectivity index (χ0v) is 12.6. The lowest BCUT2D eigenvalue weighted by atomic mass is 9.86. The fourth-order valence-electron chi connectivity index (χ4n) is 2.59. The van der Waals surface area contributed by atoms with Crippen LogP contribution in [0.25, 0.3) is 0 Å². The van der Waals surface area contributed by atoms with Crippen molar-refractivity contribution in [2.24, 2.45) is 5.41 Å². The molecule has 1 aromatic rings. The number of fused-ring (bicyclic) bond motifs is 1. The van der Waals surface area contributed by atoms with Crippen molar-refractivity contribution in [3.8, 4) is 0 Å². The maximum atomic E-state index is 3.62. The van der Waals surface area contributed by atoms with E-state index < -0.39 is 0 Å². The molecule has 0 aliphatic carbocycles. The minimum absolute atomic E-state index is 0.205. The summed E-state index contributed by atoms with van der Waals surface area (Å²) in [6.07, 6.45) is 0. The fourth-order valence-corrected chi connectivity index (χ4v) is 2.59. The van der Waals surface area contributed by atoms with Gasteiger partial charge in [0.1, 0.15) is 0 Å². The third-order valence-corrected chi connectivity index (χ3v) is 3.70. The Labute approximate surface area is 111 Å². The van der Waals surface area contributed by atoms with Crippen molar-refractivity contribution in [2.45, 2.75) is 40.0 Å². The van der Waals surface area contributed by atoms with Crippen LogP contribution in [0.3, 0.4) is 0 Å². The lowest BCUT2D eigenvalue weighted by molar-refractivity contribution is 0.403. The molecule has 0 saturated carbocycles. The van der Waals surface area contributed by atoms with Gasteiger partial charge in [-0.05, 0) is 28.5 Å². The summed E-state index contributed by atoms with van der Waals surface area (Å²) in [5.74, 6) is 0. The van der Waals surface area contributed by atoms with Gasteiger partial charge >= 0.3 is 0 Å². The van der Waals surface area contributed by atoms with E-state index in [0.29, 0.717) is 5.41 Å². The summed E-state index contributed by atoms with van der Waals surface area (Å²) in [7, 11) is 2.18. The molecule has 0 atom stereocenters. The highest BCUT2D eigenvalue weighted by atomic mass is 15.1. The summed E-state index contributed by atoms with van der Waals surface area (Å²) in [5, 5.41) is 3.62. The lowest BCUT2D eigenvalue weighted by Crippen LogP contribution is -2.33. The Kier molecular flexibility index (Phi) is 3.08. The maximum Gasteiger partial charge on any atom is 0.0599 e. The summed E-state index contributed by atoms with van der Waals surface area (Å²) < 4.78 is 0. The molecule has 0 fully saturated rings. The molecule has 2 heteroatoms. The fraction of sp³-hybridized carbons (Fsp3) is 0.625. The molecule has 1 aliphatic rings. The SMILES string of the molecule is CN1CC(C)(C)CNc2cc(C(C)(C)C)ccc21. The van der Waals surface area contributed by atoms with Crippen LogP contribution in [0, 0.1) is 5.41 Å². The van der Waals surface area contributed by atoms with Gasteiger partial charge in [0.05, 0.1) is 11.4 Å². The molecular weight excluding hydrogens is 220 g/mol. The topological polar surface area (TPSA) is 15.3 Å². The molecule has 1 heterocycles. The van der Waals surface area contributed by atoms with E-state index in [4.69, 9.17) is 0 Å². The Morgan fingerprint density at radius 1 is 1.22 bits per heavy atom. The molecule has 0 amide bonds.